The summed E-state index contributed by atoms with van der Waals surface area (Å²) >= 11 is 0. The van der Waals surface area contributed by atoms with Gasteiger partial charge in [-0.05, 0) is 43.5 Å². The van der Waals surface area contributed by atoms with Crippen molar-refractivity contribution in [3.05, 3.63) is 35.4 Å². The van der Waals surface area contributed by atoms with Crippen molar-refractivity contribution in [3.8, 4) is 0 Å². The van der Waals surface area contributed by atoms with Crippen LogP contribution in [0.3, 0.4) is 0 Å². The number of carbonyl (C=O) groups is 2. The molecule has 1 aromatic rings. The number of nitrogens with zero attached hydrogens (tertiary/aromatic N) is 2. The van der Waals surface area contributed by atoms with Crippen LogP contribution in [0, 0.1) is 11.8 Å². The molecule has 1 aliphatic carbocycles. The normalized spacial score (nSPS) is 20.4. The van der Waals surface area contributed by atoms with Gasteiger partial charge in [-0.1, -0.05) is 31.2 Å². The summed E-state index contributed by atoms with van der Waals surface area (Å²) in [5.74, 6) is 0.620. The maximum atomic E-state index is 12.4. The minimum Gasteiger partial charge on any atom is -0.352 e. The van der Waals surface area contributed by atoms with Crippen LogP contribution in [0.5, 0.6) is 0 Å². The van der Waals surface area contributed by atoms with Crippen LogP contribution in [0.4, 0.5) is 0 Å². The topological polar surface area (TPSA) is 52.7 Å². The molecule has 5 nitrogen and oxygen atoms in total. The maximum Gasteiger partial charge on any atom is 0.225 e. The maximum absolute atomic E-state index is 12.4. The Kier molecular flexibility index (Phi) is 5.74. The third-order valence-corrected chi connectivity index (χ3v) is 5.21. The van der Waals surface area contributed by atoms with E-state index in [9.17, 15) is 9.59 Å². The highest BCUT2D eigenvalue weighted by atomic mass is 16.2. The first kappa shape index (κ1) is 17.9. The van der Waals surface area contributed by atoms with E-state index >= 15 is 0 Å². The first-order chi connectivity index (χ1) is 12.0. The Bertz CT molecular complexity index is 627. The largest absolute Gasteiger partial charge is 0.352 e. The monoisotopic (exact) mass is 343 g/mol. The number of carbonyl (C=O) groups excluding carboxylic acids is 2. The first-order valence-electron chi connectivity index (χ1n) is 9.37. The van der Waals surface area contributed by atoms with Crippen molar-refractivity contribution in [2.45, 2.75) is 39.3 Å². The van der Waals surface area contributed by atoms with Gasteiger partial charge in [0.05, 0.1) is 5.92 Å². The Morgan fingerprint density at radius 2 is 2.08 bits per heavy atom. The van der Waals surface area contributed by atoms with E-state index in [0.29, 0.717) is 25.4 Å². The van der Waals surface area contributed by atoms with Crippen LogP contribution in [0.2, 0.25) is 0 Å². The van der Waals surface area contributed by atoms with Gasteiger partial charge in [0.2, 0.25) is 11.8 Å². The third kappa shape index (κ3) is 5.05. The highest BCUT2D eigenvalue weighted by Gasteiger charge is 2.36. The molecule has 2 aliphatic rings. The van der Waals surface area contributed by atoms with Gasteiger partial charge in [-0.2, -0.15) is 0 Å². The lowest BCUT2D eigenvalue weighted by atomic mass is 10.1. The molecule has 1 saturated heterocycles. The zero-order valence-electron chi connectivity index (χ0n) is 15.3. The van der Waals surface area contributed by atoms with E-state index in [1.165, 1.54) is 18.4 Å². The van der Waals surface area contributed by atoms with Gasteiger partial charge >= 0.3 is 0 Å². The van der Waals surface area contributed by atoms with Crippen molar-refractivity contribution in [2.75, 3.05) is 26.7 Å². The van der Waals surface area contributed by atoms with Crippen LogP contribution in [-0.2, 0) is 22.7 Å². The summed E-state index contributed by atoms with van der Waals surface area (Å²) in [5, 5.41) is 3.01. The Balaban J connectivity index is 1.49. The van der Waals surface area contributed by atoms with Crippen LogP contribution in [0.25, 0.3) is 0 Å². The molecule has 1 saturated carbocycles. The quantitative estimate of drug-likeness (QED) is 0.786. The first-order valence-corrected chi connectivity index (χ1v) is 9.37. The van der Waals surface area contributed by atoms with Gasteiger partial charge in [0.1, 0.15) is 0 Å². The molecule has 1 heterocycles. The summed E-state index contributed by atoms with van der Waals surface area (Å²) in [4.78, 5) is 28.6. The Hall–Kier alpha value is -1.88. The van der Waals surface area contributed by atoms with Crippen LogP contribution < -0.4 is 5.32 Å². The molecule has 1 unspecified atom stereocenters. The SMILES string of the molecule is CCN(C)Cc1cccc(CNC(=O)C2CC(=O)N(CC3CC3)C2)c1. The summed E-state index contributed by atoms with van der Waals surface area (Å²) in [7, 11) is 2.10. The van der Waals surface area contributed by atoms with E-state index in [0.717, 1.165) is 25.2 Å². The average Bonchev–Trinajstić information content (AvgIpc) is 3.35. The Morgan fingerprint density at radius 3 is 2.80 bits per heavy atom. The molecule has 2 amide bonds. The minimum atomic E-state index is -0.194. The number of hydrogen-bond donors (Lipinski definition) is 1. The van der Waals surface area contributed by atoms with E-state index in [1.54, 1.807) is 0 Å². The second-order valence-electron chi connectivity index (χ2n) is 7.51. The zero-order chi connectivity index (χ0) is 17.8. The van der Waals surface area contributed by atoms with Gasteiger partial charge in [0.15, 0.2) is 0 Å². The van der Waals surface area contributed by atoms with Crippen molar-refractivity contribution >= 4 is 11.8 Å². The summed E-state index contributed by atoms with van der Waals surface area (Å²) in [6.45, 7) is 6.01. The fourth-order valence-electron chi connectivity index (χ4n) is 3.33. The molecule has 0 bridgehead atoms. The smallest absolute Gasteiger partial charge is 0.225 e. The highest BCUT2D eigenvalue weighted by Crippen LogP contribution is 2.32. The Labute approximate surface area is 150 Å². The molecule has 1 atom stereocenters. The van der Waals surface area contributed by atoms with E-state index in [-0.39, 0.29) is 17.7 Å². The van der Waals surface area contributed by atoms with E-state index in [4.69, 9.17) is 0 Å². The summed E-state index contributed by atoms with van der Waals surface area (Å²) < 4.78 is 0. The molecule has 1 aliphatic heterocycles. The van der Waals surface area contributed by atoms with Crippen LogP contribution in [-0.4, -0.2) is 48.3 Å². The third-order valence-electron chi connectivity index (χ3n) is 5.21. The molecule has 1 N–H and O–H groups in total. The Morgan fingerprint density at radius 1 is 1.32 bits per heavy atom. The number of hydrogen-bond acceptors (Lipinski definition) is 3. The van der Waals surface area contributed by atoms with E-state index < -0.39 is 0 Å². The zero-order valence-corrected chi connectivity index (χ0v) is 15.3. The molecular formula is C20H29N3O2. The highest BCUT2D eigenvalue weighted by molar-refractivity contribution is 5.89. The summed E-state index contributed by atoms with van der Waals surface area (Å²) in [6, 6.07) is 8.33. The van der Waals surface area contributed by atoms with Crippen molar-refractivity contribution < 1.29 is 9.59 Å². The van der Waals surface area contributed by atoms with E-state index in [1.807, 2.05) is 17.0 Å². The van der Waals surface area contributed by atoms with Crippen LogP contribution >= 0.6 is 0 Å². The lowest BCUT2D eigenvalue weighted by molar-refractivity contribution is -0.129. The van der Waals surface area contributed by atoms with Gasteiger partial charge in [0.25, 0.3) is 0 Å². The molecule has 0 aromatic heterocycles. The van der Waals surface area contributed by atoms with Gasteiger partial charge < -0.3 is 15.1 Å². The molecule has 0 radical (unpaired) electrons. The standard InChI is InChI=1S/C20H29N3O2/c1-3-22(2)12-17-6-4-5-16(9-17)11-21-20(25)18-10-19(24)23(14-18)13-15-7-8-15/h4-6,9,15,18H,3,7-8,10-14H2,1-2H3,(H,21,25). The molecule has 1 aromatic carbocycles. The predicted molar refractivity (Wildman–Crippen MR) is 97.7 cm³/mol. The lowest BCUT2D eigenvalue weighted by Gasteiger charge is -2.16. The molecule has 3 rings (SSSR count). The minimum absolute atomic E-state index is 0.00252. The number of nitrogens with one attached hydrogen (secondary N) is 1. The summed E-state index contributed by atoms with van der Waals surface area (Å²) in [5.41, 5.74) is 2.36. The van der Waals surface area contributed by atoms with Gasteiger partial charge in [0, 0.05) is 32.6 Å². The second kappa shape index (κ2) is 8.00. The van der Waals surface area contributed by atoms with Crippen molar-refractivity contribution in [1.29, 1.82) is 0 Å². The number of rotatable bonds is 8. The second-order valence-corrected chi connectivity index (χ2v) is 7.51. The lowest BCUT2D eigenvalue weighted by Crippen LogP contribution is -2.33. The molecule has 2 fully saturated rings. The van der Waals surface area contributed by atoms with Gasteiger partial charge in [-0.15, -0.1) is 0 Å². The van der Waals surface area contributed by atoms with Crippen molar-refractivity contribution in [1.82, 2.24) is 15.1 Å². The number of benzene rings is 1. The van der Waals surface area contributed by atoms with Gasteiger partial charge in [-0.25, -0.2) is 0 Å². The van der Waals surface area contributed by atoms with Crippen molar-refractivity contribution in [2.24, 2.45) is 11.8 Å². The van der Waals surface area contributed by atoms with Gasteiger partial charge in [-0.3, -0.25) is 9.59 Å². The average molecular weight is 343 g/mol. The molecule has 25 heavy (non-hydrogen) atoms. The fraction of sp³-hybridized carbons (Fsp3) is 0.600. The molecule has 5 heteroatoms. The van der Waals surface area contributed by atoms with Crippen LogP contribution in [0.1, 0.15) is 37.3 Å². The molecule has 136 valence electrons. The van der Waals surface area contributed by atoms with E-state index in [2.05, 4.69) is 36.3 Å². The fourth-order valence-corrected chi connectivity index (χ4v) is 3.33. The van der Waals surface area contributed by atoms with Crippen LogP contribution in [0.15, 0.2) is 24.3 Å². The number of amides is 2. The molecular weight excluding hydrogens is 314 g/mol. The predicted octanol–water partition coefficient (Wildman–Crippen LogP) is 2.01. The molecule has 0 spiro atoms. The number of likely N-dealkylation sites (tertiary alicyclic amines) is 1. The summed E-state index contributed by atoms with van der Waals surface area (Å²) in [6.07, 6.45) is 2.81. The van der Waals surface area contributed by atoms with Crippen molar-refractivity contribution in [3.63, 3.8) is 0 Å².